The third-order valence-electron chi connectivity index (χ3n) is 2.73. The number of carbonyl (C=O) groups is 1. The molecule has 0 atom stereocenters. The Bertz CT molecular complexity index is 654. The molecule has 0 aliphatic rings. The fourth-order valence-electron chi connectivity index (χ4n) is 1.66. The Balaban J connectivity index is 2.24. The number of nitrogens with two attached hydrogens (primary N) is 1. The monoisotopic (exact) mass is 251 g/mol. The molecule has 4 heteroatoms. The maximum absolute atomic E-state index is 12.0. The van der Waals surface area contributed by atoms with Gasteiger partial charge in [-0.25, -0.2) is 0 Å². The molecule has 2 aromatic rings. The zero-order valence-electron chi connectivity index (χ0n) is 10.5. The zero-order chi connectivity index (χ0) is 13.8. The summed E-state index contributed by atoms with van der Waals surface area (Å²) in [6, 6.07) is 14.0. The van der Waals surface area contributed by atoms with Crippen LogP contribution in [0.25, 0.3) is 0 Å². The third kappa shape index (κ3) is 2.90. The summed E-state index contributed by atoms with van der Waals surface area (Å²) in [5.41, 5.74) is 8.53. The molecule has 0 aromatic heterocycles. The summed E-state index contributed by atoms with van der Waals surface area (Å²) < 4.78 is 0. The maximum atomic E-state index is 12.0. The van der Waals surface area contributed by atoms with E-state index in [1.54, 1.807) is 24.3 Å². The summed E-state index contributed by atoms with van der Waals surface area (Å²) >= 11 is 0. The quantitative estimate of drug-likeness (QED) is 0.805. The minimum atomic E-state index is -0.249. The Kier molecular flexibility index (Phi) is 3.48. The Morgan fingerprint density at radius 3 is 2.53 bits per heavy atom. The van der Waals surface area contributed by atoms with E-state index < -0.39 is 0 Å². The highest BCUT2D eigenvalue weighted by molar-refractivity contribution is 6.05. The van der Waals surface area contributed by atoms with Crippen LogP contribution in [0.1, 0.15) is 21.5 Å². The van der Waals surface area contributed by atoms with Crippen LogP contribution in [0.5, 0.6) is 0 Å². The predicted molar refractivity (Wildman–Crippen MR) is 74.7 cm³/mol. The van der Waals surface area contributed by atoms with Crippen molar-refractivity contribution in [3.63, 3.8) is 0 Å². The number of nitriles is 1. The number of hydrogen-bond acceptors (Lipinski definition) is 3. The van der Waals surface area contributed by atoms with Gasteiger partial charge in [0.2, 0.25) is 0 Å². The van der Waals surface area contributed by atoms with Crippen LogP contribution >= 0.6 is 0 Å². The number of nitrogens with zero attached hydrogens (tertiary/aromatic N) is 1. The van der Waals surface area contributed by atoms with Crippen LogP contribution in [0.4, 0.5) is 11.4 Å². The predicted octanol–water partition coefficient (Wildman–Crippen LogP) is 2.70. The molecule has 0 heterocycles. The largest absolute Gasteiger partial charge is 0.399 e. The van der Waals surface area contributed by atoms with E-state index in [-0.39, 0.29) is 5.91 Å². The minimum Gasteiger partial charge on any atom is -0.399 e. The lowest BCUT2D eigenvalue weighted by atomic mass is 10.1. The number of rotatable bonds is 2. The van der Waals surface area contributed by atoms with Crippen LogP contribution in [0.15, 0.2) is 42.5 Å². The van der Waals surface area contributed by atoms with E-state index in [9.17, 15) is 4.79 Å². The molecule has 4 nitrogen and oxygen atoms in total. The molecule has 0 saturated heterocycles. The molecule has 0 aliphatic carbocycles. The summed E-state index contributed by atoms with van der Waals surface area (Å²) in [5, 5.41) is 11.7. The molecule has 0 radical (unpaired) electrons. The number of anilines is 2. The van der Waals surface area contributed by atoms with Gasteiger partial charge in [-0.15, -0.1) is 0 Å². The van der Waals surface area contributed by atoms with Gasteiger partial charge in [-0.1, -0.05) is 17.7 Å². The van der Waals surface area contributed by atoms with Gasteiger partial charge in [-0.3, -0.25) is 4.79 Å². The van der Waals surface area contributed by atoms with Crippen molar-refractivity contribution in [2.45, 2.75) is 6.92 Å². The van der Waals surface area contributed by atoms with E-state index >= 15 is 0 Å². The van der Waals surface area contributed by atoms with Crippen molar-refractivity contribution in [3.05, 3.63) is 59.2 Å². The lowest BCUT2D eigenvalue weighted by molar-refractivity contribution is 0.102. The van der Waals surface area contributed by atoms with Gasteiger partial charge in [0.1, 0.15) is 6.07 Å². The van der Waals surface area contributed by atoms with Crippen LogP contribution in [-0.2, 0) is 0 Å². The number of hydrogen-bond donors (Lipinski definition) is 2. The Morgan fingerprint density at radius 1 is 1.21 bits per heavy atom. The molecule has 0 fully saturated rings. The highest BCUT2D eigenvalue weighted by Gasteiger charge is 2.09. The average Bonchev–Trinajstić information content (AvgIpc) is 2.41. The lowest BCUT2D eigenvalue weighted by Crippen LogP contribution is -2.12. The van der Waals surface area contributed by atoms with Crippen LogP contribution < -0.4 is 11.1 Å². The van der Waals surface area contributed by atoms with Crippen molar-refractivity contribution < 1.29 is 4.79 Å². The molecule has 0 unspecified atom stereocenters. The normalized spacial score (nSPS) is 9.68. The Morgan fingerprint density at radius 2 is 1.89 bits per heavy atom. The highest BCUT2D eigenvalue weighted by Crippen LogP contribution is 2.18. The average molecular weight is 251 g/mol. The highest BCUT2D eigenvalue weighted by atomic mass is 16.1. The number of carbonyl (C=O) groups excluding carboxylic acids is 1. The van der Waals surface area contributed by atoms with Crippen LogP contribution in [0, 0.1) is 18.3 Å². The number of aryl methyl sites for hydroxylation is 1. The summed E-state index contributed by atoms with van der Waals surface area (Å²) in [7, 11) is 0. The van der Waals surface area contributed by atoms with Crippen LogP contribution in [0.2, 0.25) is 0 Å². The first-order valence-electron chi connectivity index (χ1n) is 5.78. The number of nitrogen functional groups attached to an aromatic ring is 1. The molecule has 2 rings (SSSR count). The molecule has 2 aromatic carbocycles. The fraction of sp³-hybridized carbons (Fsp3) is 0.0667. The topological polar surface area (TPSA) is 78.9 Å². The second kappa shape index (κ2) is 5.23. The standard InChI is InChI=1S/C15H13N3O/c1-10-2-4-11(5-3-10)15(19)18-14-7-6-13(17)8-12(14)9-16/h2-8H,17H2,1H3,(H,18,19). The van der Waals surface area contributed by atoms with Crippen molar-refractivity contribution >= 4 is 17.3 Å². The van der Waals surface area contributed by atoms with E-state index in [2.05, 4.69) is 5.32 Å². The molecule has 0 saturated carbocycles. The summed E-state index contributed by atoms with van der Waals surface area (Å²) in [5.74, 6) is -0.249. The summed E-state index contributed by atoms with van der Waals surface area (Å²) in [6.45, 7) is 1.95. The van der Waals surface area contributed by atoms with Gasteiger partial charge in [0.15, 0.2) is 0 Å². The summed E-state index contributed by atoms with van der Waals surface area (Å²) in [4.78, 5) is 12.0. The fourth-order valence-corrected chi connectivity index (χ4v) is 1.66. The lowest BCUT2D eigenvalue weighted by Gasteiger charge is -2.07. The first kappa shape index (κ1) is 12.7. The SMILES string of the molecule is Cc1ccc(C(=O)Nc2ccc(N)cc2C#N)cc1. The first-order chi connectivity index (χ1) is 9.10. The maximum Gasteiger partial charge on any atom is 0.255 e. The second-order valence-electron chi connectivity index (χ2n) is 4.24. The van der Waals surface area contributed by atoms with E-state index in [1.165, 1.54) is 6.07 Å². The van der Waals surface area contributed by atoms with Crippen molar-refractivity contribution in [1.82, 2.24) is 0 Å². The molecule has 0 aliphatic heterocycles. The first-order valence-corrected chi connectivity index (χ1v) is 5.78. The smallest absolute Gasteiger partial charge is 0.255 e. The number of benzene rings is 2. The molecule has 0 spiro atoms. The van der Waals surface area contributed by atoms with E-state index in [0.29, 0.717) is 22.5 Å². The molecule has 19 heavy (non-hydrogen) atoms. The van der Waals surface area contributed by atoms with Crippen LogP contribution in [0.3, 0.4) is 0 Å². The molecular formula is C15H13N3O. The van der Waals surface area contributed by atoms with Gasteiger partial charge in [0.25, 0.3) is 5.91 Å². The third-order valence-corrected chi connectivity index (χ3v) is 2.73. The number of nitrogens with one attached hydrogen (secondary N) is 1. The Hall–Kier alpha value is -2.80. The molecule has 94 valence electrons. The second-order valence-corrected chi connectivity index (χ2v) is 4.24. The van der Waals surface area contributed by atoms with Crippen molar-refractivity contribution in [2.24, 2.45) is 0 Å². The minimum absolute atomic E-state index is 0.249. The van der Waals surface area contributed by atoms with Gasteiger partial charge >= 0.3 is 0 Å². The van der Waals surface area contributed by atoms with Gasteiger partial charge in [-0.2, -0.15) is 5.26 Å². The zero-order valence-corrected chi connectivity index (χ0v) is 10.5. The van der Waals surface area contributed by atoms with Crippen molar-refractivity contribution in [1.29, 1.82) is 5.26 Å². The molecule has 3 N–H and O–H groups in total. The van der Waals surface area contributed by atoms with Gasteiger partial charge in [0.05, 0.1) is 11.3 Å². The van der Waals surface area contributed by atoms with Gasteiger partial charge < -0.3 is 11.1 Å². The van der Waals surface area contributed by atoms with Crippen LogP contribution in [-0.4, -0.2) is 5.91 Å². The molecule has 1 amide bonds. The molecular weight excluding hydrogens is 238 g/mol. The van der Waals surface area contributed by atoms with E-state index in [4.69, 9.17) is 11.0 Å². The molecule has 0 bridgehead atoms. The summed E-state index contributed by atoms with van der Waals surface area (Å²) in [6.07, 6.45) is 0. The van der Waals surface area contributed by atoms with Gasteiger partial charge in [-0.05, 0) is 37.3 Å². The van der Waals surface area contributed by atoms with Crippen molar-refractivity contribution in [3.8, 4) is 6.07 Å². The Labute approximate surface area is 111 Å². The van der Waals surface area contributed by atoms with Gasteiger partial charge in [0, 0.05) is 11.3 Å². The van der Waals surface area contributed by atoms with Crippen molar-refractivity contribution in [2.75, 3.05) is 11.1 Å². The number of amides is 1. The van der Waals surface area contributed by atoms with E-state index in [0.717, 1.165) is 5.56 Å². The van der Waals surface area contributed by atoms with E-state index in [1.807, 2.05) is 25.1 Å².